The largest absolute Gasteiger partial charge is 0.466 e. The molecule has 130 valence electrons. The van der Waals surface area contributed by atoms with E-state index in [-0.39, 0.29) is 18.3 Å². The van der Waals surface area contributed by atoms with E-state index in [0.717, 1.165) is 26.1 Å². The summed E-state index contributed by atoms with van der Waals surface area (Å²) in [6.45, 7) is 14.8. The number of hydrogen-bond acceptors (Lipinski definition) is 4. The molecule has 0 aromatic heterocycles. The van der Waals surface area contributed by atoms with E-state index in [0.29, 0.717) is 32.0 Å². The maximum atomic E-state index is 12.3. The van der Waals surface area contributed by atoms with Crippen molar-refractivity contribution in [3.63, 3.8) is 0 Å². The third kappa shape index (κ3) is 9.77. The van der Waals surface area contributed by atoms with Gasteiger partial charge in [-0.2, -0.15) is 0 Å². The smallest absolute Gasteiger partial charge is 0.307 e. The van der Waals surface area contributed by atoms with E-state index in [4.69, 9.17) is 4.74 Å². The molecule has 0 aliphatic rings. The summed E-state index contributed by atoms with van der Waals surface area (Å²) in [7, 11) is 0. The van der Waals surface area contributed by atoms with Crippen LogP contribution in [0.3, 0.4) is 0 Å². The predicted octanol–water partition coefficient (Wildman–Crippen LogP) is 2.55. The number of carbonyl (C=O) groups is 2. The first-order valence-corrected chi connectivity index (χ1v) is 8.60. The monoisotopic (exact) mass is 314 g/mol. The second kappa shape index (κ2) is 12.4. The van der Waals surface area contributed by atoms with Crippen LogP contribution in [0, 0.1) is 5.92 Å². The number of ether oxygens (including phenoxy) is 1. The van der Waals surface area contributed by atoms with E-state index in [2.05, 4.69) is 18.7 Å². The zero-order chi connectivity index (χ0) is 17.0. The Morgan fingerprint density at radius 2 is 1.64 bits per heavy atom. The first kappa shape index (κ1) is 20.9. The molecular weight excluding hydrogens is 280 g/mol. The molecule has 1 amide bonds. The first-order valence-electron chi connectivity index (χ1n) is 8.60. The summed E-state index contributed by atoms with van der Waals surface area (Å²) in [5.41, 5.74) is 0. The average Bonchev–Trinajstić information content (AvgIpc) is 2.46. The molecule has 0 N–H and O–H groups in total. The normalized spacial score (nSPS) is 11.0. The van der Waals surface area contributed by atoms with Gasteiger partial charge in [0.05, 0.1) is 13.0 Å². The lowest BCUT2D eigenvalue weighted by Crippen LogP contribution is -2.36. The zero-order valence-electron chi connectivity index (χ0n) is 15.1. The Kier molecular flexibility index (Phi) is 11.8. The lowest BCUT2D eigenvalue weighted by atomic mass is 10.1. The molecule has 0 aromatic carbocycles. The maximum Gasteiger partial charge on any atom is 0.307 e. The Bertz CT molecular complexity index is 315. The number of nitrogens with zero attached hydrogens (tertiary/aromatic N) is 2. The van der Waals surface area contributed by atoms with E-state index in [9.17, 15) is 9.59 Å². The Hall–Kier alpha value is -1.10. The molecule has 0 saturated carbocycles. The lowest BCUT2D eigenvalue weighted by molar-refractivity contribution is -0.144. The molecule has 0 fully saturated rings. The Morgan fingerprint density at radius 3 is 2.14 bits per heavy atom. The van der Waals surface area contributed by atoms with Crippen molar-refractivity contribution in [3.05, 3.63) is 0 Å². The minimum atomic E-state index is -0.228. The van der Waals surface area contributed by atoms with Crippen LogP contribution in [0.15, 0.2) is 0 Å². The summed E-state index contributed by atoms with van der Waals surface area (Å²) >= 11 is 0. The van der Waals surface area contributed by atoms with Gasteiger partial charge in [-0.3, -0.25) is 9.59 Å². The number of hydrogen-bond donors (Lipinski definition) is 0. The van der Waals surface area contributed by atoms with Gasteiger partial charge < -0.3 is 14.5 Å². The van der Waals surface area contributed by atoms with Crippen molar-refractivity contribution in [2.24, 2.45) is 5.92 Å². The summed E-state index contributed by atoms with van der Waals surface area (Å²) in [4.78, 5) is 28.0. The van der Waals surface area contributed by atoms with Gasteiger partial charge in [0.25, 0.3) is 0 Å². The topological polar surface area (TPSA) is 49.9 Å². The number of rotatable bonds is 12. The van der Waals surface area contributed by atoms with Crippen LogP contribution in [-0.4, -0.2) is 61.0 Å². The van der Waals surface area contributed by atoms with E-state index in [1.54, 1.807) is 6.92 Å². The van der Waals surface area contributed by atoms with Crippen LogP contribution in [0.4, 0.5) is 0 Å². The summed E-state index contributed by atoms with van der Waals surface area (Å²) in [6, 6.07) is 0. The second-order valence-electron chi connectivity index (χ2n) is 5.91. The highest BCUT2D eigenvalue weighted by atomic mass is 16.5. The standard InChI is InChI=1S/C17H34N2O3/c1-6-18(7-2)11-9-12-19(16(20)14-15(4)5)13-10-17(21)22-8-3/h15H,6-14H2,1-5H3. The quantitative estimate of drug-likeness (QED) is 0.519. The Morgan fingerprint density at radius 1 is 1.00 bits per heavy atom. The highest BCUT2D eigenvalue weighted by Crippen LogP contribution is 2.07. The van der Waals surface area contributed by atoms with Crippen LogP contribution >= 0.6 is 0 Å². The van der Waals surface area contributed by atoms with Crippen LogP contribution in [0.2, 0.25) is 0 Å². The molecule has 0 heterocycles. The third-order valence-electron chi connectivity index (χ3n) is 3.62. The van der Waals surface area contributed by atoms with Gasteiger partial charge in [0.2, 0.25) is 5.91 Å². The molecule has 0 aromatic rings. The summed E-state index contributed by atoms with van der Waals surface area (Å²) in [5.74, 6) is 0.243. The van der Waals surface area contributed by atoms with Crippen molar-refractivity contribution < 1.29 is 14.3 Å². The molecule has 0 atom stereocenters. The highest BCUT2D eigenvalue weighted by Gasteiger charge is 2.16. The number of amides is 1. The molecule has 5 heteroatoms. The maximum absolute atomic E-state index is 12.3. The minimum Gasteiger partial charge on any atom is -0.466 e. The van der Waals surface area contributed by atoms with E-state index in [1.165, 1.54) is 0 Å². The molecule has 0 rings (SSSR count). The van der Waals surface area contributed by atoms with Gasteiger partial charge in [-0.25, -0.2) is 0 Å². The lowest BCUT2D eigenvalue weighted by Gasteiger charge is -2.25. The highest BCUT2D eigenvalue weighted by molar-refractivity contribution is 5.77. The van der Waals surface area contributed by atoms with Crippen molar-refractivity contribution in [1.82, 2.24) is 9.80 Å². The van der Waals surface area contributed by atoms with E-state index in [1.807, 2.05) is 18.7 Å². The summed E-state index contributed by atoms with van der Waals surface area (Å²) in [6.07, 6.45) is 1.76. The first-order chi connectivity index (χ1) is 10.4. The van der Waals surface area contributed by atoms with Gasteiger partial charge in [-0.05, 0) is 38.9 Å². The van der Waals surface area contributed by atoms with Gasteiger partial charge in [0, 0.05) is 19.5 Å². The molecule has 5 nitrogen and oxygen atoms in total. The van der Waals surface area contributed by atoms with Crippen LogP contribution in [0.25, 0.3) is 0 Å². The summed E-state index contributed by atoms with van der Waals surface area (Å²) in [5, 5.41) is 0. The molecule has 22 heavy (non-hydrogen) atoms. The van der Waals surface area contributed by atoms with Crippen molar-refractivity contribution in [3.8, 4) is 0 Å². The average molecular weight is 314 g/mol. The van der Waals surface area contributed by atoms with Crippen LogP contribution in [0.1, 0.15) is 53.9 Å². The van der Waals surface area contributed by atoms with Gasteiger partial charge in [0.15, 0.2) is 0 Å². The fourth-order valence-electron chi connectivity index (χ4n) is 2.32. The van der Waals surface area contributed by atoms with Crippen molar-refractivity contribution in [1.29, 1.82) is 0 Å². The number of carbonyl (C=O) groups excluding carboxylic acids is 2. The second-order valence-corrected chi connectivity index (χ2v) is 5.91. The van der Waals surface area contributed by atoms with E-state index >= 15 is 0 Å². The molecule has 0 bridgehead atoms. The van der Waals surface area contributed by atoms with Crippen LogP contribution < -0.4 is 0 Å². The third-order valence-corrected chi connectivity index (χ3v) is 3.62. The van der Waals surface area contributed by atoms with Gasteiger partial charge in [0.1, 0.15) is 0 Å². The Labute approximate surface area is 136 Å². The molecule has 0 unspecified atom stereocenters. The van der Waals surface area contributed by atoms with Crippen molar-refractivity contribution >= 4 is 11.9 Å². The molecule has 0 aliphatic heterocycles. The fourth-order valence-corrected chi connectivity index (χ4v) is 2.32. The zero-order valence-corrected chi connectivity index (χ0v) is 15.1. The molecule has 0 saturated heterocycles. The number of esters is 1. The molecule has 0 radical (unpaired) electrons. The van der Waals surface area contributed by atoms with Gasteiger partial charge in [-0.15, -0.1) is 0 Å². The Balaban J connectivity index is 4.38. The SMILES string of the molecule is CCOC(=O)CCN(CCCN(CC)CC)C(=O)CC(C)C. The molecule has 0 aliphatic carbocycles. The van der Waals surface area contributed by atoms with E-state index < -0.39 is 0 Å². The van der Waals surface area contributed by atoms with Crippen LogP contribution in [-0.2, 0) is 14.3 Å². The van der Waals surface area contributed by atoms with Crippen molar-refractivity contribution in [2.75, 3.05) is 39.3 Å². The summed E-state index contributed by atoms with van der Waals surface area (Å²) < 4.78 is 4.95. The molecular formula is C17H34N2O3. The predicted molar refractivity (Wildman–Crippen MR) is 89.7 cm³/mol. The van der Waals surface area contributed by atoms with Crippen LogP contribution in [0.5, 0.6) is 0 Å². The minimum absolute atomic E-state index is 0.138. The van der Waals surface area contributed by atoms with Gasteiger partial charge >= 0.3 is 5.97 Å². The fraction of sp³-hybridized carbons (Fsp3) is 0.882. The van der Waals surface area contributed by atoms with Crippen molar-refractivity contribution in [2.45, 2.75) is 53.9 Å². The molecule has 0 spiro atoms. The van der Waals surface area contributed by atoms with Gasteiger partial charge in [-0.1, -0.05) is 27.7 Å².